The van der Waals surface area contributed by atoms with Crippen LogP contribution in [0.4, 0.5) is 0 Å². The van der Waals surface area contributed by atoms with Gasteiger partial charge in [-0.05, 0) is 56.4 Å². The first-order valence-corrected chi connectivity index (χ1v) is 10.4. The zero-order valence-corrected chi connectivity index (χ0v) is 18.2. The largest absolute Gasteiger partial charge is 0.490 e. The van der Waals surface area contributed by atoms with E-state index in [0.717, 1.165) is 6.42 Å². The Morgan fingerprint density at radius 1 is 0.897 bits per heavy atom. The van der Waals surface area contributed by atoms with Gasteiger partial charge in [-0.1, -0.05) is 38.1 Å². The van der Waals surface area contributed by atoms with Crippen LogP contribution < -0.4 is 19.5 Å². The third-order valence-electron chi connectivity index (χ3n) is 4.52. The summed E-state index contributed by atoms with van der Waals surface area (Å²) in [4.78, 5) is 12.7. The molecule has 0 aliphatic rings. The summed E-state index contributed by atoms with van der Waals surface area (Å²) < 4.78 is 17.1. The lowest BCUT2D eigenvalue weighted by Crippen LogP contribution is -2.25. The number of carbonyl (C=O) groups is 1. The number of nitrogens with one attached hydrogen (secondary N) is 1. The highest BCUT2D eigenvalue weighted by Gasteiger charge is 2.18. The van der Waals surface area contributed by atoms with E-state index in [9.17, 15) is 4.79 Å². The minimum absolute atomic E-state index is 0.159. The minimum atomic E-state index is -0.159. The Kier molecular flexibility index (Phi) is 8.84. The molecule has 0 saturated carbocycles. The fourth-order valence-corrected chi connectivity index (χ4v) is 3.01. The van der Waals surface area contributed by atoms with Gasteiger partial charge in [0.1, 0.15) is 0 Å². The molecule has 5 nitrogen and oxygen atoms in total. The van der Waals surface area contributed by atoms with Gasteiger partial charge in [-0.15, -0.1) is 0 Å². The molecule has 2 aromatic rings. The lowest BCUT2D eigenvalue weighted by Gasteiger charge is -2.17. The Balaban J connectivity index is 2.08. The Morgan fingerprint density at radius 3 is 1.93 bits per heavy atom. The zero-order valence-electron chi connectivity index (χ0n) is 18.2. The third-order valence-corrected chi connectivity index (χ3v) is 4.52. The molecule has 1 amide bonds. The van der Waals surface area contributed by atoms with Gasteiger partial charge in [-0.2, -0.15) is 0 Å². The van der Waals surface area contributed by atoms with E-state index in [0.29, 0.717) is 55.1 Å². The van der Waals surface area contributed by atoms with Gasteiger partial charge in [-0.3, -0.25) is 4.79 Å². The molecular formula is C24H33NO4. The highest BCUT2D eigenvalue weighted by molar-refractivity contribution is 5.95. The average molecular weight is 400 g/mol. The maximum atomic E-state index is 12.7. The van der Waals surface area contributed by atoms with Gasteiger partial charge >= 0.3 is 0 Å². The monoisotopic (exact) mass is 399 g/mol. The summed E-state index contributed by atoms with van der Waals surface area (Å²) >= 11 is 0. The standard InChI is InChI=1S/C24H33NO4/c1-6-27-21-15-20(16-22(28-7-2)23(21)29-8-3)24(26)25-14-13-18-9-11-19(12-10-18)17(4)5/h9-12,15-17H,6-8,13-14H2,1-5H3,(H,25,26). The van der Waals surface area contributed by atoms with Crippen LogP contribution in [-0.2, 0) is 6.42 Å². The normalized spacial score (nSPS) is 10.7. The quantitative estimate of drug-likeness (QED) is 0.579. The number of benzene rings is 2. The zero-order chi connectivity index (χ0) is 21.2. The van der Waals surface area contributed by atoms with Crippen molar-refractivity contribution in [3.63, 3.8) is 0 Å². The van der Waals surface area contributed by atoms with E-state index < -0.39 is 0 Å². The summed E-state index contributed by atoms with van der Waals surface area (Å²) in [5.41, 5.74) is 3.01. The van der Waals surface area contributed by atoms with Gasteiger partial charge in [-0.25, -0.2) is 0 Å². The van der Waals surface area contributed by atoms with Crippen LogP contribution in [0.25, 0.3) is 0 Å². The predicted octanol–water partition coefficient (Wildman–Crippen LogP) is 4.98. The maximum absolute atomic E-state index is 12.7. The second-order valence-electron chi connectivity index (χ2n) is 7.00. The van der Waals surface area contributed by atoms with E-state index in [1.807, 2.05) is 20.8 Å². The van der Waals surface area contributed by atoms with Crippen molar-refractivity contribution in [1.29, 1.82) is 0 Å². The van der Waals surface area contributed by atoms with Crippen molar-refractivity contribution in [2.45, 2.75) is 47.0 Å². The SMILES string of the molecule is CCOc1cc(C(=O)NCCc2ccc(C(C)C)cc2)cc(OCC)c1OCC. The van der Waals surface area contributed by atoms with Crippen LogP contribution in [-0.4, -0.2) is 32.3 Å². The molecule has 2 aromatic carbocycles. The van der Waals surface area contributed by atoms with Crippen LogP contribution in [0.2, 0.25) is 0 Å². The van der Waals surface area contributed by atoms with Crippen LogP contribution in [0.5, 0.6) is 17.2 Å². The van der Waals surface area contributed by atoms with Crippen LogP contribution in [0, 0.1) is 0 Å². The summed E-state index contributed by atoms with van der Waals surface area (Å²) in [7, 11) is 0. The molecule has 158 valence electrons. The van der Waals surface area contributed by atoms with Crippen molar-refractivity contribution >= 4 is 5.91 Å². The van der Waals surface area contributed by atoms with Gasteiger partial charge in [0.15, 0.2) is 11.5 Å². The van der Waals surface area contributed by atoms with Crippen molar-refractivity contribution in [1.82, 2.24) is 5.32 Å². The van der Waals surface area contributed by atoms with Gasteiger partial charge in [0.2, 0.25) is 5.75 Å². The van der Waals surface area contributed by atoms with E-state index in [1.54, 1.807) is 12.1 Å². The third kappa shape index (κ3) is 6.41. The fraction of sp³-hybridized carbons (Fsp3) is 0.458. The molecule has 5 heteroatoms. The highest BCUT2D eigenvalue weighted by Crippen LogP contribution is 2.39. The molecule has 0 atom stereocenters. The Bertz CT molecular complexity index is 757. The van der Waals surface area contributed by atoms with Crippen molar-refractivity contribution in [2.24, 2.45) is 0 Å². The second kappa shape index (κ2) is 11.3. The van der Waals surface area contributed by atoms with Crippen LogP contribution in [0.15, 0.2) is 36.4 Å². The summed E-state index contributed by atoms with van der Waals surface area (Å²) in [5, 5.41) is 2.98. The molecule has 0 unspecified atom stereocenters. The number of ether oxygens (including phenoxy) is 3. The molecule has 1 N–H and O–H groups in total. The first-order valence-electron chi connectivity index (χ1n) is 10.4. The number of hydrogen-bond donors (Lipinski definition) is 1. The Hall–Kier alpha value is -2.69. The van der Waals surface area contributed by atoms with Crippen molar-refractivity contribution < 1.29 is 19.0 Å². The van der Waals surface area contributed by atoms with Crippen LogP contribution in [0.1, 0.15) is 62.0 Å². The van der Waals surface area contributed by atoms with Crippen molar-refractivity contribution in [3.8, 4) is 17.2 Å². The minimum Gasteiger partial charge on any atom is -0.490 e. The van der Waals surface area contributed by atoms with Gasteiger partial charge in [0.25, 0.3) is 5.91 Å². The van der Waals surface area contributed by atoms with Gasteiger partial charge in [0.05, 0.1) is 19.8 Å². The smallest absolute Gasteiger partial charge is 0.251 e. The van der Waals surface area contributed by atoms with Gasteiger partial charge in [0, 0.05) is 12.1 Å². The van der Waals surface area contributed by atoms with Crippen molar-refractivity contribution in [2.75, 3.05) is 26.4 Å². The summed E-state index contributed by atoms with van der Waals surface area (Å²) in [6.07, 6.45) is 0.776. The average Bonchev–Trinajstić information content (AvgIpc) is 2.70. The number of rotatable bonds is 11. The number of carbonyl (C=O) groups excluding carboxylic acids is 1. The Labute approximate surface area is 174 Å². The topological polar surface area (TPSA) is 56.8 Å². The highest BCUT2D eigenvalue weighted by atomic mass is 16.5. The van der Waals surface area contributed by atoms with E-state index in [4.69, 9.17) is 14.2 Å². The van der Waals surface area contributed by atoms with E-state index in [1.165, 1.54) is 11.1 Å². The molecule has 0 aliphatic carbocycles. The molecule has 0 fully saturated rings. The maximum Gasteiger partial charge on any atom is 0.251 e. The van der Waals surface area contributed by atoms with Gasteiger partial charge < -0.3 is 19.5 Å². The van der Waals surface area contributed by atoms with E-state index in [2.05, 4.69) is 43.4 Å². The Morgan fingerprint density at radius 2 is 1.45 bits per heavy atom. The molecule has 0 aliphatic heterocycles. The molecule has 0 saturated heterocycles. The van der Waals surface area contributed by atoms with Crippen LogP contribution in [0.3, 0.4) is 0 Å². The first-order chi connectivity index (χ1) is 14.0. The fourth-order valence-electron chi connectivity index (χ4n) is 3.01. The number of hydrogen-bond acceptors (Lipinski definition) is 4. The second-order valence-corrected chi connectivity index (χ2v) is 7.00. The van der Waals surface area contributed by atoms with E-state index >= 15 is 0 Å². The predicted molar refractivity (Wildman–Crippen MR) is 117 cm³/mol. The van der Waals surface area contributed by atoms with Crippen molar-refractivity contribution in [3.05, 3.63) is 53.1 Å². The molecule has 0 radical (unpaired) electrons. The first kappa shape index (κ1) is 22.6. The molecule has 0 spiro atoms. The number of amides is 1. The van der Waals surface area contributed by atoms with Crippen LogP contribution >= 0.6 is 0 Å². The molecule has 0 aromatic heterocycles. The molecule has 0 bridgehead atoms. The molecular weight excluding hydrogens is 366 g/mol. The lowest BCUT2D eigenvalue weighted by molar-refractivity contribution is 0.0953. The van der Waals surface area contributed by atoms with E-state index in [-0.39, 0.29) is 5.91 Å². The molecule has 29 heavy (non-hydrogen) atoms. The molecule has 2 rings (SSSR count). The summed E-state index contributed by atoms with van der Waals surface area (Å²) in [6.45, 7) is 12.0. The molecule has 0 heterocycles. The summed E-state index contributed by atoms with van der Waals surface area (Å²) in [5.74, 6) is 1.94. The summed E-state index contributed by atoms with van der Waals surface area (Å²) in [6, 6.07) is 12.0. The lowest BCUT2D eigenvalue weighted by atomic mass is 10.0.